The Balaban J connectivity index is 1.66. The van der Waals surface area contributed by atoms with Crippen LogP contribution in [0.2, 0.25) is 0 Å². The maximum Gasteiger partial charge on any atom is 0.241 e. The molecule has 2 heterocycles. The number of carbonyl (C=O) groups is 1. The number of aromatic nitrogens is 4. The fourth-order valence-corrected chi connectivity index (χ4v) is 1.81. The molecule has 0 atom stereocenters. The Bertz CT molecular complexity index is 543. The quantitative estimate of drug-likeness (QED) is 0.786. The Morgan fingerprint density at radius 2 is 2.21 bits per heavy atom. The Morgan fingerprint density at radius 1 is 1.37 bits per heavy atom. The number of rotatable bonds is 6. The van der Waals surface area contributed by atoms with E-state index in [1.807, 2.05) is 37.0 Å². The Kier molecular flexibility index (Phi) is 4.33. The second-order valence-corrected chi connectivity index (χ2v) is 4.61. The van der Waals surface area contributed by atoms with Gasteiger partial charge in [0, 0.05) is 31.2 Å². The highest BCUT2D eigenvalue weighted by Crippen LogP contribution is 1.96. The van der Waals surface area contributed by atoms with Crippen molar-refractivity contribution in [1.29, 1.82) is 0 Å². The third kappa shape index (κ3) is 3.94. The summed E-state index contributed by atoms with van der Waals surface area (Å²) in [5, 5.41) is 11.2. The largest absolute Gasteiger partial charge is 0.354 e. The summed E-state index contributed by atoms with van der Waals surface area (Å²) < 4.78 is 3.57. The molecule has 2 aromatic heterocycles. The van der Waals surface area contributed by atoms with Gasteiger partial charge in [0.1, 0.15) is 6.54 Å². The first-order valence-corrected chi connectivity index (χ1v) is 6.39. The fraction of sp³-hybridized carbons (Fsp3) is 0.462. The number of aryl methyl sites for hydroxylation is 3. The van der Waals surface area contributed by atoms with Gasteiger partial charge in [-0.25, -0.2) is 0 Å². The van der Waals surface area contributed by atoms with Gasteiger partial charge in [0.25, 0.3) is 0 Å². The third-order valence-corrected chi connectivity index (χ3v) is 2.87. The predicted octanol–water partition coefficient (Wildman–Crippen LogP) is 0.903. The second-order valence-electron chi connectivity index (χ2n) is 4.61. The first kappa shape index (κ1) is 13.3. The molecule has 0 bridgehead atoms. The van der Waals surface area contributed by atoms with Crippen LogP contribution in [0, 0.1) is 13.8 Å². The highest BCUT2D eigenvalue weighted by Gasteiger charge is 2.04. The van der Waals surface area contributed by atoms with Crippen LogP contribution in [-0.2, 0) is 17.9 Å². The molecule has 0 fully saturated rings. The number of nitrogens with one attached hydrogen (secondary N) is 1. The topological polar surface area (TPSA) is 64.7 Å². The zero-order chi connectivity index (χ0) is 13.7. The van der Waals surface area contributed by atoms with Gasteiger partial charge in [0.05, 0.1) is 6.20 Å². The van der Waals surface area contributed by atoms with Gasteiger partial charge in [0.2, 0.25) is 5.91 Å². The molecule has 0 saturated carbocycles. The summed E-state index contributed by atoms with van der Waals surface area (Å²) in [7, 11) is 0. The van der Waals surface area contributed by atoms with Crippen molar-refractivity contribution in [2.75, 3.05) is 6.54 Å². The number of hydrogen-bond donors (Lipinski definition) is 1. The van der Waals surface area contributed by atoms with Crippen molar-refractivity contribution >= 4 is 5.91 Å². The number of carbonyl (C=O) groups excluding carboxylic acids is 1. The zero-order valence-electron chi connectivity index (χ0n) is 11.3. The first-order valence-electron chi connectivity index (χ1n) is 6.39. The van der Waals surface area contributed by atoms with Gasteiger partial charge < -0.3 is 5.32 Å². The minimum atomic E-state index is -0.0107. The van der Waals surface area contributed by atoms with E-state index < -0.39 is 0 Å². The second kappa shape index (κ2) is 6.17. The summed E-state index contributed by atoms with van der Waals surface area (Å²) in [6.45, 7) is 5.69. The van der Waals surface area contributed by atoms with Crippen LogP contribution in [-0.4, -0.2) is 32.0 Å². The average Bonchev–Trinajstić information content (AvgIpc) is 2.95. The van der Waals surface area contributed by atoms with Gasteiger partial charge in [0.15, 0.2) is 0 Å². The van der Waals surface area contributed by atoms with Crippen molar-refractivity contribution in [1.82, 2.24) is 24.9 Å². The summed E-state index contributed by atoms with van der Waals surface area (Å²) in [6.07, 6.45) is 6.39. The minimum Gasteiger partial charge on any atom is -0.354 e. The van der Waals surface area contributed by atoms with E-state index in [4.69, 9.17) is 0 Å². The maximum absolute atomic E-state index is 11.7. The van der Waals surface area contributed by atoms with Crippen LogP contribution in [0.4, 0.5) is 0 Å². The van der Waals surface area contributed by atoms with Crippen LogP contribution in [0.25, 0.3) is 0 Å². The molecule has 0 aromatic carbocycles. The maximum atomic E-state index is 11.7. The van der Waals surface area contributed by atoms with Crippen LogP contribution < -0.4 is 5.32 Å². The fourth-order valence-electron chi connectivity index (χ4n) is 1.81. The molecule has 0 aliphatic rings. The average molecular weight is 261 g/mol. The highest BCUT2D eigenvalue weighted by atomic mass is 16.2. The van der Waals surface area contributed by atoms with Crippen LogP contribution >= 0.6 is 0 Å². The van der Waals surface area contributed by atoms with Crippen molar-refractivity contribution in [3.05, 3.63) is 35.9 Å². The summed E-state index contributed by atoms with van der Waals surface area (Å²) in [6, 6.07) is 1.88. The molecule has 19 heavy (non-hydrogen) atoms. The summed E-state index contributed by atoms with van der Waals surface area (Å²) in [5.41, 5.74) is 2.14. The molecule has 0 saturated heterocycles. The number of nitrogens with zero attached hydrogens (tertiary/aromatic N) is 4. The molecule has 0 spiro atoms. The third-order valence-electron chi connectivity index (χ3n) is 2.87. The van der Waals surface area contributed by atoms with Crippen molar-refractivity contribution in [3.63, 3.8) is 0 Å². The van der Waals surface area contributed by atoms with Crippen molar-refractivity contribution in [3.8, 4) is 0 Å². The van der Waals surface area contributed by atoms with Gasteiger partial charge >= 0.3 is 0 Å². The van der Waals surface area contributed by atoms with Gasteiger partial charge in [-0.05, 0) is 31.9 Å². The van der Waals surface area contributed by atoms with Gasteiger partial charge in [-0.1, -0.05) is 0 Å². The molecule has 0 unspecified atom stereocenters. The van der Waals surface area contributed by atoms with Crippen molar-refractivity contribution in [2.45, 2.75) is 33.4 Å². The molecular weight excluding hydrogens is 242 g/mol. The van der Waals surface area contributed by atoms with Gasteiger partial charge in [-0.2, -0.15) is 10.2 Å². The Labute approximate surface area is 112 Å². The van der Waals surface area contributed by atoms with E-state index in [1.165, 1.54) is 0 Å². The minimum absolute atomic E-state index is 0.0107. The van der Waals surface area contributed by atoms with Gasteiger partial charge in [-0.3, -0.25) is 14.2 Å². The lowest BCUT2D eigenvalue weighted by atomic mass is 10.4. The van der Waals surface area contributed by atoms with Crippen LogP contribution in [0.15, 0.2) is 24.7 Å². The van der Waals surface area contributed by atoms with E-state index in [0.29, 0.717) is 6.54 Å². The Hall–Kier alpha value is -2.11. The van der Waals surface area contributed by atoms with E-state index >= 15 is 0 Å². The molecule has 6 nitrogen and oxygen atoms in total. The van der Waals surface area contributed by atoms with Crippen LogP contribution in [0.3, 0.4) is 0 Å². The first-order chi connectivity index (χ1) is 9.15. The molecular formula is C13H19N5O. The zero-order valence-corrected chi connectivity index (χ0v) is 11.3. The summed E-state index contributed by atoms with van der Waals surface area (Å²) in [4.78, 5) is 11.7. The molecule has 102 valence electrons. The molecule has 0 aliphatic heterocycles. The summed E-state index contributed by atoms with van der Waals surface area (Å²) in [5.74, 6) is -0.0107. The molecule has 6 heteroatoms. The molecule has 1 N–H and O–H groups in total. The van der Waals surface area contributed by atoms with Gasteiger partial charge in [-0.15, -0.1) is 0 Å². The predicted molar refractivity (Wildman–Crippen MR) is 71.6 cm³/mol. The lowest BCUT2D eigenvalue weighted by Gasteiger charge is -2.06. The van der Waals surface area contributed by atoms with Crippen molar-refractivity contribution < 1.29 is 4.79 Å². The summed E-state index contributed by atoms with van der Waals surface area (Å²) >= 11 is 0. The van der Waals surface area contributed by atoms with Crippen molar-refractivity contribution in [2.24, 2.45) is 0 Å². The highest BCUT2D eigenvalue weighted by molar-refractivity contribution is 5.75. The molecule has 0 radical (unpaired) electrons. The molecule has 2 aromatic rings. The number of amides is 1. The number of hydrogen-bond acceptors (Lipinski definition) is 3. The monoisotopic (exact) mass is 261 g/mol. The van der Waals surface area contributed by atoms with E-state index in [9.17, 15) is 4.79 Å². The lowest BCUT2D eigenvalue weighted by Crippen LogP contribution is -2.29. The Morgan fingerprint density at radius 3 is 2.84 bits per heavy atom. The smallest absolute Gasteiger partial charge is 0.241 e. The van der Waals surface area contributed by atoms with Crippen LogP contribution in [0.5, 0.6) is 0 Å². The standard InChI is InChI=1S/C13H19N5O/c1-11-8-16-17(9-11)7-3-5-14-13(19)10-18-12(2)4-6-15-18/h4,6,8-9H,3,5,7,10H2,1-2H3,(H,14,19). The van der Waals surface area contributed by atoms with E-state index in [0.717, 1.165) is 24.2 Å². The lowest BCUT2D eigenvalue weighted by molar-refractivity contribution is -0.121. The SMILES string of the molecule is Cc1cnn(CCCNC(=O)Cn2nccc2C)c1. The molecule has 0 aliphatic carbocycles. The van der Waals surface area contributed by atoms with E-state index in [2.05, 4.69) is 15.5 Å². The van der Waals surface area contributed by atoms with E-state index in [-0.39, 0.29) is 12.5 Å². The van der Waals surface area contributed by atoms with Crippen LogP contribution in [0.1, 0.15) is 17.7 Å². The van der Waals surface area contributed by atoms with E-state index in [1.54, 1.807) is 10.9 Å². The molecule has 2 rings (SSSR count). The molecule has 1 amide bonds. The normalized spacial score (nSPS) is 10.6.